The first-order valence-electron chi connectivity index (χ1n) is 8.23. The van der Waals surface area contributed by atoms with Gasteiger partial charge in [0.05, 0.1) is 6.42 Å². The lowest BCUT2D eigenvalue weighted by Crippen LogP contribution is -2.12. The van der Waals surface area contributed by atoms with Gasteiger partial charge in [-0.15, -0.1) is 0 Å². The quantitative estimate of drug-likeness (QED) is 0.628. The number of nitrogen functional groups attached to an aromatic ring is 1. The van der Waals surface area contributed by atoms with Gasteiger partial charge in [0.2, 0.25) is 11.9 Å². The molecule has 1 heterocycles. The molecule has 0 atom stereocenters. The minimum atomic E-state index is -0.435. The third kappa shape index (κ3) is 5.39. The Morgan fingerprint density at radius 1 is 1.11 bits per heavy atom. The van der Waals surface area contributed by atoms with E-state index in [4.69, 9.17) is 22.1 Å². The topological polar surface area (TPSA) is 103 Å². The maximum Gasteiger partial charge on any atom is 0.310 e. The lowest BCUT2D eigenvalue weighted by Gasteiger charge is -2.09. The van der Waals surface area contributed by atoms with Crippen LogP contribution in [-0.4, -0.2) is 20.9 Å². The summed E-state index contributed by atoms with van der Waals surface area (Å²) in [5, 5.41) is 3.56. The number of hydrogen-bond donors (Lipinski definition) is 2. The van der Waals surface area contributed by atoms with E-state index in [0.29, 0.717) is 10.6 Å². The average Bonchev–Trinajstić information content (AvgIpc) is 2.63. The minimum absolute atomic E-state index is 0.0387. The first-order valence-corrected chi connectivity index (χ1v) is 8.60. The number of aryl methyl sites for hydroxylation is 1. The number of ether oxygens (including phenoxy) is 1. The molecule has 3 rings (SSSR count). The minimum Gasteiger partial charge on any atom is -0.457 e. The molecule has 3 aromatic rings. The largest absolute Gasteiger partial charge is 0.457 e. The summed E-state index contributed by atoms with van der Waals surface area (Å²) in [6.07, 6.45) is 0.0642. The number of hydrogen-bond acceptors (Lipinski definition) is 7. The number of halogens is 1. The Bertz CT molecular complexity index is 947. The van der Waals surface area contributed by atoms with Gasteiger partial charge in [0, 0.05) is 10.7 Å². The zero-order chi connectivity index (χ0) is 19.2. The van der Waals surface area contributed by atoms with E-state index in [2.05, 4.69) is 20.3 Å². The standard InChI is InChI=1S/C19H18ClN5O2/c1-12-6-8-14(9-7-12)22-19-24-16(23-18(21)25-19)11-27-17(26)10-13-4-2-3-5-15(13)20/h2-9H,10-11H2,1H3,(H3,21,22,23,24,25). The van der Waals surface area contributed by atoms with Crippen LogP contribution >= 0.6 is 11.6 Å². The van der Waals surface area contributed by atoms with E-state index in [9.17, 15) is 4.79 Å². The van der Waals surface area contributed by atoms with Crippen LogP contribution in [0.15, 0.2) is 48.5 Å². The van der Waals surface area contributed by atoms with E-state index in [-0.39, 0.29) is 30.7 Å². The maximum absolute atomic E-state index is 12.0. The van der Waals surface area contributed by atoms with E-state index in [1.807, 2.05) is 37.3 Å². The lowest BCUT2D eigenvalue weighted by molar-refractivity contribution is -0.144. The molecule has 0 aliphatic heterocycles. The molecule has 3 N–H and O–H groups in total. The molecule has 1 aromatic heterocycles. The van der Waals surface area contributed by atoms with E-state index in [0.717, 1.165) is 11.3 Å². The van der Waals surface area contributed by atoms with Crippen LogP contribution in [-0.2, 0) is 22.6 Å². The number of nitrogens with two attached hydrogens (primary N) is 1. The van der Waals surface area contributed by atoms with Gasteiger partial charge < -0.3 is 15.8 Å². The molecule has 0 fully saturated rings. The van der Waals surface area contributed by atoms with Crippen LogP contribution in [0.2, 0.25) is 5.02 Å². The smallest absolute Gasteiger partial charge is 0.310 e. The SMILES string of the molecule is Cc1ccc(Nc2nc(N)nc(COC(=O)Cc3ccccc3Cl)n2)cc1. The first kappa shape index (κ1) is 18.6. The van der Waals surface area contributed by atoms with Gasteiger partial charge in [0.15, 0.2) is 12.4 Å². The fourth-order valence-electron chi connectivity index (χ4n) is 2.32. The molecule has 0 aliphatic rings. The highest BCUT2D eigenvalue weighted by atomic mass is 35.5. The van der Waals surface area contributed by atoms with Gasteiger partial charge in [-0.1, -0.05) is 47.5 Å². The number of aromatic nitrogens is 3. The van der Waals surface area contributed by atoms with Crippen molar-refractivity contribution in [3.63, 3.8) is 0 Å². The molecule has 0 saturated carbocycles. The Balaban J connectivity index is 1.63. The average molecular weight is 384 g/mol. The predicted octanol–water partition coefficient (Wildman–Crippen LogP) is 3.45. The summed E-state index contributed by atoms with van der Waals surface area (Å²) in [4.78, 5) is 24.3. The number of carbonyl (C=O) groups is 1. The second-order valence-corrected chi connectivity index (χ2v) is 6.26. The van der Waals surface area contributed by atoms with Crippen LogP contribution in [0.3, 0.4) is 0 Å². The third-order valence-corrected chi connectivity index (χ3v) is 4.03. The number of anilines is 3. The summed E-state index contributed by atoms with van der Waals surface area (Å²) in [5.74, 6) is 0.139. The Labute approximate surface area is 161 Å². The third-order valence-electron chi connectivity index (χ3n) is 3.66. The summed E-state index contributed by atoms with van der Waals surface area (Å²) in [5.41, 5.74) is 8.38. The van der Waals surface area contributed by atoms with Crippen molar-refractivity contribution in [1.29, 1.82) is 0 Å². The van der Waals surface area contributed by atoms with Gasteiger partial charge in [-0.2, -0.15) is 15.0 Å². The van der Waals surface area contributed by atoms with Crippen LogP contribution < -0.4 is 11.1 Å². The summed E-state index contributed by atoms with van der Waals surface area (Å²) in [6.45, 7) is 1.89. The van der Waals surface area contributed by atoms with Gasteiger partial charge in [0.25, 0.3) is 0 Å². The van der Waals surface area contributed by atoms with Crippen LogP contribution in [0.1, 0.15) is 17.0 Å². The van der Waals surface area contributed by atoms with Crippen molar-refractivity contribution in [3.8, 4) is 0 Å². The van der Waals surface area contributed by atoms with Crippen LogP contribution in [0.25, 0.3) is 0 Å². The highest BCUT2D eigenvalue weighted by Crippen LogP contribution is 2.17. The molecule has 7 nitrogen and oxygen atoms in total. The second-order valence-electron chi connectivity index (χ2n) is 5.85. The highest BCUT2D eigenvalue weighted by Gasteiger charge is 2.11. The lowest BCUT2D eigenvalue weighted by atomic mass is 10.1. The summed E-state index contributed by atoms with van der Waals surface area (Å²) >= 11 is 6.05. The van der Waals surface area contributed by atoms with Crippen LogP contribution in [0.4, 0.5) is 17.6 Å². The summed E-state index contributed by atoms with van der Waals surface area (Å²) in [6, 6.07) is 14.8. The van der Waals surface area contributed by atoms with Gasteiger partial charge >= 0.3 is 5.97 Å². The van der Waals surface area contributed by atoms with E-state index in [1.54, 1.807) is 18.2 Å². The van der Waals surface area contributed by atoms with Crippen molar-refractivity contribution < 1.29 is 9.53 Å². The van der Waals surface area contributed by atoms with Crippen molar-refractivity contribution in [1.82, 2.24) is 15.0 Å². The molecule has 0 saturated heterocycles. The van der Waals surface area contributed by atoms with Crippen LogP contribution in [0, 0.1) is 6.92 Å². The molecule has 0 unspecified atom stereocenters. The van der Waals surface area contributed by atoms with Crippen molar-refractivity contribution in [3.05, 3.63) is 70.5 Å². The van der Waals surface area contributed by atoms with Crippen molar-refractivity contribution in [2.75, 3.05) is 11.1 Å². The number of carbonyl (C=O) groups excluding carboxylic acids is 1. The molecule has 0 bridgehead atoms. The molecule has 0 spiro atoms. The normalized spacial score (nSPS) is 10.4. The summed E-state index contributed by atoms with van der Waals surface area (Å²) < 4.78 is 5.23. The molecule has 8 heteroatoms. The zero-order valence-electron chi connectivity index (χ0n) is 14.6. The predicted molar refractivity (Wildman–Crippen MR) is 104 cm³/mol. The summed E-state index contributed by atoms with van der Waals surface area (Å²) in [7, 11) is 0. The molecule has 138 valence electrons. The second kappa shape index (κ2) is 8.46. The van der Waals surface area contributed by atoms with Crippen molar-refractivity contribution >= 4 is 35.2 Å². The fraction of sp³-hybridized carbons (Fsp3) is 0.158. The highest BCUT2D eigenvalue weighted by molar-refractivity contribution is 6.31. The number of benzene rings is 2. The zero-order valence-corrected chi connectivity index (χ0v) is 15.4. The van der Waals surface area contributed by atoms with Crippen LogP contribution in [0.5, 0.6) is 0 Å². The fourth-order valence-corrected chi connectivity index (χ4v) is 2.52. The Morgan fingerprint density at radius 3 is 2.59 bits per heavy atom. The number of nitrogens with zero attached hydrogens (tertiary/aromatic N) is 3. The van der Waals surface area contributed by atoms with E-state index >= 15 is 0 Å². The van der Waals surface area contributed by atoms with Gasteiger partial charge in [0.1, 0.15) is 0 Å². The number of nitrogens with one attached hydrogen (secondary N) is 1. The number of esters is 1. The maximum atomic E-state index is 12.0. The molecule has 0 radical (unpaired) electrons. The molecule has 2 aromatic carbocycles. The monoisotopic (exact) mass is 383 g/mol. The van der Waals surface area contributed by atoms with E-state index < -0.39 is 5.97 Å². The Kier molecular flexibility index (Phi) is 5.83. The van der Waals surface area contributed by atoms with Crippen molar-refractivity contribution in [2.45, 2.75) is 20.0 Å². The van der Waals surface area contributed by atoms with E-state index in [1.165, 1.54) is 0 Å². The first-order chi connectivity index (χ1) is 13.0. The van der Waals surface area contributed by atoms with Gasteiger partial charge in [-0.05, 0) is 30.7 Å². The Morgan fingerprint density at radius 2 is 1.85 bits per heavy atom. The van der Waals surface area contributed by atoms with Gasteiger partial charge in [-0.3, -0.25) is 4.79 Å². The van der Waals surface area contributed by atoms with Gasteiger partial charge in [-0.25, -0.2) is 0 Å². The molecule has 0 aliphatic carbocycles. The molecular formula is C19H18ClN5O2. The molecule has 0 amide bonds. The Hall–Kier alpha value is -3.19. The number of rotatable bonds is 6. The van der Waals surface area contributed by atoms with Crippen molar-refractivity contribution in [2.24, 2.45) is 0 Å². The molecular weight excluding hydrogens is 366 g/mol. The molecule has 27 heavy (non-hydrogen) atoms.